The number of nitrogens with one attached hydrogen (secondary N) is 1. The van der Waals surface area contributed by atoms with E-state index in [-0.39, 0.29) is 28.4 Å². The number of amides is 1. The van der Waals surface area contributed by atoms with Crippen molar-refractivity contribution in [3.63, 3.8) is 0 Å². The monoisotopic (exact) mass is 439 g/mol. The molecule has 8 nitrogen and oxygen atoms in total. The quantitative estimate of drug-likeness (QED) is 0.518. The van der Waals surface area contributed by atoms with Crippen LogP contribution in [0.1, 0.15) is 20.3 Å². The molecule has 0 radical (unpaired) electrons. The summed E-state index contributed by atoms with van der Waals surface area (Å²) in [5.41, 5.74) is 0.427. The third-order valence-electron chi connectivity index (χ3n) is 4.74. The average molecular weight is 439 g/mol. The van der Waals surface area contributed by atoms with Gasteiger partial charge in [-0.05, 0) is 12.3 Å². The fourth-order valence-electron chi connectivity index (χ4n) is 3.28. The zero-order valence-corrected chi connectivity index (χ0v) is 18.1. The van der Waals surface area contributed by atoms with Crippen molar-refractivity contribution in [1.29, 1.82) is 0 Å². The third-order valence-corrected chi connectivity index (χ3v) is 4.74. The van der Waals surface area contributed by atoms with E-state index in [0.29, 0.717) is 17.7 Å². The Morgan fingerprint density at radius 2 is 1.84 bits per heavy atom. The number of carbonyl (C=O) groups excluding carboxylic acids is 2. The van der Waals surface area contributed by atoms with E-state index < -0.39 is 30.0 Å². The van der Waals surface area contributed by atoms with Crippen LogP contribution in [-0.2, 0) is 14.3 Å². The molecule has 2 N–H and O–H groups in total. The summed E-state index contributed by atoms with van der Waals surface area (Å²) in [7, 11) is 1.26. The minimum atomic E-state index is -0.785. The van der Waals surface area contributed by atoms with Crippen molar-refractivity contribution in [3.8, 4) is 22.8 Å². The van der Waals surface area contributed by atoms with Crippen LogP contribution in [0.15, 0.2) is 57.7 Å². The SMILES string of the molecule is COC(=O)C(CC(C)C)NC(=O)COc1cc(O)c2c(=O)cc(-c3ccccc3)oc2c1. The van der Waals surface area contributed by atoms with Gasteiger partial charge in [-0.25, -0.2) is 4.79 Å². The zero-order chi connectivity index (χ0) is 23.3. The van der Waals surface area contributed by atoms with E-state index in [1.165, 1.54) is 25.3 Å². The van der Waals surface area contributed by atoms with Gasteiger partial charge in [0.05, 0.1) is 7.11 Å². The fourth-order valence-corrected chi connectivity index (χ4v) is 3.28. The van der Waals surface area contributed by atoms with E-state index in [2.05, 4.69) is 5.32 Å². The zero-order valence-electron chi connectivity index (χ0n) is 18.1. The van der Waals surface area contributed by atoms with Crippen LogP contribution in [0.25, 0.3) is 22.3 Å². The Kier molecular flexibility index (Phi) is 7.14. The molecule has 1 unspecified atom stereocenters. The maximum absolute atomic E-state index is 12.5. The van der Waals surface area contributed by atoms with Crippen molar-refractivity contribution in [2.24, 2.45) is 5.92 Å². The van der Waals surface area contributed by atoms with Crippen LogP contribution < -0.4 is 15.5 Å². The number of hydrogen-bond acceptors (Lipinski definition) is 7. The highest BCUT2D eigenvalue weighted by Gasteiger charge is 2.23. The number of ether oxygens (including phenoxy) is 2. The van der Waals surface area contributed by atoms with Gasteiger partial charge < -0.3 is 24.3 Å². The van der Waals surface area contributed by atoms with Gasteiger partial charge in [-0.3, -0.25) is 9.59 Å². The molecule has 0 fully saturated rings. The topological polar surface area (TPSA) is 115 Å². The molecule has 32 heavy (non-hydrogen) atoms. The van der Waals surface area contributed by atoms with Crippen LogP contribution in [0, 0.1) is 5.92 Å². The summed E-state index contributed by atoms with van der Waals surface area (Å²) in [4.78, 5) is 36.7. The molecule has 1 atom stereocenters. The summed E-state index contributed by atoms with van der Waals surface area (Å²) in [6.45, 7) is 3.45. The lowest BCUT2D eigenvalue weighted by Gasteiger charge is -2.18. The van der Waals surface area contributed by atoms with Gasteiger partial charge in [0, 0.05) is 23.8 Å². The number of rotatable bonds is 8. The molecule has 0 aliphatic heterocycles. The molecule has 1 amide bonds. The number of hydrogen-bond donors (Lipinski definition) is 2. The fraction of sp³-hybridized carbons (Fsp3) is 0.292. The third kappa shape index (κ3) is 5.46. The van der Waals surface area contributed by atoms with Crippen LogP contribution in [0.4, 0.5) is 0 Å². The maximum Gasteiger partial charge on any atom is 0.328 e. The van der Waals surface area contributed by atoms with Gasteiger partial charge in [-0.1, -0.05) is 44.2 Å². The normalized spacial score (nSPS) is 11.9. The molecule has 0 aliphatic rings. The highest BCUT2D eigenvalue weighted by molar-refractivity contribution is 5.87. The van der Waals surface area contributed by atoms with Crippen LogP contribution in [0.2, 0.25) is 0 Å². The van der Waals surface area contributed by atoms with Gasteiger partial charge in [0.1, 0.15) is 34.3 Å². The van der Waals surface area contributed by atoms with E-state index in [1.807, 2.05) is 32.0 Å². The van der Waals surface area contributed by atoms with E-state index in [1.54, 1.807) is 12.1 Å². The summed E-state index contributed by atoms with van der Waals surface area (Å²) >= 11 is 0. The van der Waals surface area contributed by atoms with Gasteiger partial charge in [-0.15, -0.1) is 0 Å². The van der Waals surface area contributed by atoms with E-state index in [9.17, 15) is 19.5 Å². The second-order valence-corrected chi connectivity index (χ2v) is 7.72. The molecule has 0 saturated carbocycles. The molecule has 3 aromatic rings. The van der Waals surface area contributed by atoms with Gasteiger partial charge >= 0.3 is 5.97 Å². The first-order chi connectivity index (χ1) is 15.3. The number of methoxy groups -OCH3 is 1. The van der Waals surface area contributed by atoms with Crippen LogP contribution in [0.5, 0.6) is 11.5 Å². The predicted octanol–water partition coefficient (Wildman–Crippen LogP) is 3.25. The summed E-state index contributed by atoms with van der Waals surface area (Å²) < 4.78 is 16.0. The van der Waals surface area contributed by atoms with Crippen molar-refractivity contribution in [3.05, 3.63) is 58.8 Å². The summed E-state index contributed by atoms with van der Waals surface area (Å²) in [5.74, 6) is -0.743. The molecule has 8 heteroatoms. The van der Waals surface area contributed by atoms with Crippen molar-refractivity contribution in [1.82, 2.24) is 5.32 Å². The Morgan fingerprint density at radius 1 is 1.12 bits per heavy atom. The smallest absolute Gasteiger partial charge is 0.328 e. The Labute approximate surface area is 184 Å². The number of fused-ring (bicyclic) bond motifs is 1. The standard InChI is InChI=1S/C24H25NO7/c1-14(2)9-17(24(29)30-3)25-22(28)13-31-16-10-18(26)23-19(27)12-20(32-21(23)11-16)15-7-5-4-6-8-15/h4-8,10-12,14,17,26H,9,13H2,1-3H3,(H,25,28). The van der Waals surface area contributed by atoms with Crippen molar-refractivity contribution >= 4 is 22.8 Å². The number of phenols is 1. The second-order valence-electron chi connectivity index (χ2n) is 7.72. The van der Waals surface area contributed by atoms with Crippen LogP contribution in [-0.4, -0.2) is 36.7 Å². The summed E-state index contributed by atoms with van der Waals surface area (Å²) in [5, 5.41) is 12.9. The Hall–Kier alpha value is -3.81. The van der Waals surface area contributed by atoms with E-state index in [4.69, 9.17) is 13.9 Å². The molecule has 0 bridgehead atoms. The van der Waals surface area contributed by atoms with Crippen molar-refractivity contribution < 1.29 is 28.6 Å². The molecule has 1 aromatic heterocycles. The molecule has 2 aromatic carbocycles. The molecular weight excluding hydrogens is 414 g/mol. The van der Waals surface area contributed by atoms with E-state index >= 15 is 0 Å². The van der Waals surface area contributed by atoms with E-state index in [0.717, 1.165) is 0 Å². The second kappa shape index (κ2) is 10.00. The molecule has 3 rings (SSSR count). The van der Waals surface area contributed by atoms with Crippen LogP contribution >= 0.6 is 0 Å². The van der Waals surface area contributed by atoms with Gasteiger partial charge in [0.25, 0.3) is 5.91 Å². The first kappa shape index (κ1) is 22.9. The lowest BCUT2D eigenvalue weighted by Crippen LogP contribution is -2.44. The number of phenolic OH excluding ortho intramolecular Hbond substituents is 1. The first-order valence-corrected chi connectivity index (χ1v) is 10.1. The molecule has 0 spiro atoms. The molecule has 0 aliphatic carbocycles. The highest BCUT2D eigenvalue weighted by atomic mass is 16.5. The lowest BCUT2D eigenvalue weighted by molar-refractivity contribution is -0.145. The molecule has 0 saturated heterocycles. The molecule has 1 heterocycles. The Morgan fingerprint density at radius 3 is 2.50 bits per heavy atom. The van der Waals surface area contributed by atoms with Gasteiger partial charge in [0.2, 0.25) is 0 Å². The number of aromatic hydroxyl groups is 1. The minimum Gasteiger partial charge on any atom is -0.507 e. The molecule has 168 valence electrons. The number of benzene rings is 2. The van der Waals surface area contributed by atoms with Crippen LogP contribution in [0.3, 0.4) is 0 Å². The lowest BCUT2D eigenvalue weighted by atomic mass is 10.0. The first-order valence-electron chi connectivity index (χ1n) is 10.1. The number of carbonyl (C=O) groups is 2. The molecular formula is C24H25NO7. The van der Waals surface area contributed by atoms with Gasteiger partial charge in [0.15, 0.2) is 12.0 Å². The van der Waals surface area contributed by atoms with Crippen molar-refractivity contribution in [2.45, 2.75) is 26.3 Å². The summed E-state index contributed by atoms with van der Waals surface area (Å²) in [6.07, 6.45) is 0.419. The Bertz CT molecular complexity index is 1170. The summed E-state index contributed by atoms with van der Waals surface area (Å²) in [6, 6.07) is 12.3. The van der Waals surface area contributed by atoms with Crippen molar-refractivity contribution in [2.75, 3.05) is 13.7 Å². The largest absolute Gasteiger partial charge is 0.507 e. The highest BCUT2D eigenvalue weighted by Crippen LogP contribution is 2.31. The maximum atomic E-state index is 12.5. The average Bonchev–Trinajstić information content (AvgIpc) is 2.76. The predicted molar refractivity (Wildman–Crippen MR) is 118 cm³/mol. The number of esters is 1. The Balaban J connectivity index is 1.79. The van der Waals surface area contributed by atoms with Gasteiger partial charge in [-0.2, -0.15) is 0 Å². The minimum absolute atomic E-state index is 0.0178.